The maximum absolute atomic E-state index is 5.79. The molecule has 3 rings (SSSR count). The second-order valence-corrected chi connectivity index (χ2v) is 5.48. The molecule has 1 heterocycles. The second kappa shape index (κ2) is 5.47. The smallest absolute Gasteiger partial charge is 0.126 e. The molecule has 3 heteroatoms. The third-order valence-corrected chi connectivity index (χ3v) is 3.92. The molecule has 3 N–H and O–H groups in total. The molecule has 0 spiro atoms. The molecular weight excluding hydrogens is 234 g/mol. The van der Waals surface area contributed by atoms with E-state index in [1.54, 1.807) is 0 Å². The van der Waals surface area contributed by atoms with Gasteiger partial charge in [-0.1, -0.05) is 25.7 Å². The van der Waals surface area contributed by atoms with Crippen LogP contribution in [0.5, 0.6) is 0 Å². The van der Waals surface area contributed by atoms with E-state index in [0.717, 1.165) is 22.4 Å². The van der Waals surface area contributed by atoms with Crippen LogP contribution in [0.25, 0.3) is 10.9 Å². The number of benzene rings is 1. The SMILES string of the molecule is Nc1ccc2nc(NC3CCCCCC3)ccc2c1. The first-order chi connectivity index (χ1) is 9.31. The Morgan fingerprint density at radius 1 is 1.00 bits per heavy atom. The number of anilines is 2. The Hall–Kier alpha value is -1.77. The number of hydrogen-bond acceptors (Lipinski definition) is 3. The average Bonchev–Trinajstić information content (AvgIpc) is 2.68. The van der Waals surface area contributed by atoms with Crippen LogP contribution in [-0.4, -0.2) is 11.0 Å². The zero-order valence-electron chi connectivity index (χ0n) is 11.2. The van der Waals surface area contributed by atoms with Gasteiger partial charge in [0.1, 0.15) is 5.82 Å². The van der Waals surface area contributed by atoms with Crippen LogP contribution in [-0.2, 0) is 0 Å². The van der Waals surface area contributed by atoms with Gasteiger partial charge in [0.25, 0.3) is 0 Å². The molecule has 1 aromatic carbocycles. The fourth-order valence-corrected chi connectivity index (χ4v) is 2.86. The summed E-state index contributed by atoms with van der Waals surface area (Å²) in [6.07, 6.45) is 7.96. The van der Waals surface area contributed by atoms with Gasteiger partial charge in [-0.2, -0.15) is 0 Å². The minimum Gasteiger partial charge on any atom is -0.399 e. The van der Waals surface area contributed by atoms with Gasteiger partial charge >= 0.3 is 0 Å². The molecule has 1 aliphatic rings. The molecule has 0 saturated heterocycles. The molecule has 100 valence electrons. The lowest BCUT2D eigenvalue weighted by Gasteiger charge is -2.17. The highest BCUT2D eigenvalue weighted by Crippen LogP contribution is 2.22. The Morgan fingerprint density at radius 2 is 1.79 bits per heavy atom. The Labute approximate surface area is 114 Å². The quantitative estimate of drug-likeness (QED) is 0.631. The Kier molecular flexibility index (Phi) is 3.53. The van der Waals surface area contributed by atoms with Crippen LogP contribution < -0.4 is 11.1 Å². The van der Waals surface area contributed by atoms with Crippen molar-refractivity contribution in [1.82, 2.24) is 4.98 Å². The Morgan fingerprint density at radius 3 is 2.58 bits per heavy atom. The summed E-state index contributed by atoms with van der Waals surface area (Å²) in [4.78, 5) is 4.67. The summed E-state index contributed by atoms with van der Waals surface area (Å²) in [5, 5.41) is 4.69. The van der Waals surface area contributed by atoms with Crippen molar-refractivity contribution in [2.45, 2.75) is 44.6 Å². The zero-order valence-corrected chi connectivity index (χ0v) is 11.2. The molecule has 0 bridgehead atoms. The molecule has 19 heavy (non-hydrogen) atoms. The lowest BCUT2D eigenvalue weighted by molar-refractivity contribution is 0.618. The van der Waals surface area contributed by atoms with E-state index in [1.165, 1.54) is 38.5 Å². The van der Waals surface area contributed by atoms with Gasteiger partial charge in [-0.25, -0.2) is 4.98 Å². The van der Waals surface area contributed by atoms with Gasteiger partial charge in [-0.05, 0) is 43.2 Å². The number of hydrogen-bond donors (Lipinski definition) is 2. The Balaban J connectivity index is 1.78. The monoisotopic (exact) mass is 255 g/mol. The van der Waals surface area contributed by atoms with Crippen molar-refractivity contribution in [3.8, 4) is 0 Å². The maximum atomic E-state index is 5.79. The van der Waals surface area contributed by atoms with Gasteiger partial charge in [0, 0.05) is 17.1 Å². The van der Waals surface area contributed by atoms with E-state index in [4.69, 9.17) is 5.73 Å². The molecule has 0 unspecified atom stereocenters. The van der Waals surface area contributed by atoms with Crippen molar-refractivity contribution in [2.24, 2.45) is 0 Å². The molecular formula is C16H21N3. The van der Waals surface area contributed by atoms with Gasteiger partial charge in [0.15, 0.2) is 0 Å². The molecule has 0 radical (unpaired) electrons. The Bertz CT molecular complexity index is 557. The summed E-state index contributed by atoms with van der Waals surface area (Å²) in [5.41, 5.74) is 7.58. The molecule has 3 nitrogen and oxygen atoms in total. The summed E-state index contributed by atoms with van der Waals surface area (Å²) in [6.45, 7) is 0. The standard InChI is InChI=1S/C16H21N3/c17-13-8-9-15-12(11-13)7-10-16(19-15)18-14-5-3-1-2-4-6-14/h7-11,14H,1-6,17H2,(H,18,19). The highest BCUT2D eigenvalue weighted by atomic mass is 15.0. The number of nitrogens with two attached hydrogens (primary N) is 1. The van der Waals surface area contributed by atoms with Crippen molar-refractivity contribution in [2.75, 3.05) is 11.1 Å². The minimum absolute atomic E-state index is 0.584. The number of aromatic nitrogens is 1. The number of pyridine rings is 1. The van der Waals surface area contributed by atoms with Gasteiger partial charge in [-0.15, -0.1) is 0 Å². The number of nitrogen functional groups attached to an aromatic ring is 1. The van der Waals surface area contributed by atoms with Gasteiger partial charge in [-0.3, -0.25) is 0 Å². The summed E-state index contributed by atoms with van der Waals surface area (Å²) >= 11 is 0. The van der Waals surface area contributed by atoms with E-state index in [0.29, 0.717) is 6.04 Å². The normalized spacial score (nSPS) is 17.3. The van der Waals surface area contributed by atoms with E-state index in [-0.39, 0.29) is 0 Å². The molecule has 0 atom stereocenters. The maximum Gasteiger partial charge on any atom is 0.126 e. The van der Waals surface area contributed by atoms with Crippen LogP contribution in [0.1, 0.15) is 38.5 Å². The zero-order chi connectivity index (χ0) is 13.1. The number of nitrogens with zero attached hydrogens (tertiary/aromatic N) is 1. The van der Waals surface area contributed by atoms with E-state index in [2.05, 4.69) is 22.4 Å². The van der Waals surface area contributed by atoms with Gasteiger partial charge < -0.3 is 11.1 Å². The molecule has 2 aromatic rings. The number of rotatable bonds is 2. The van der Waals surface area contributed by atoms with Gasteiger partial charge in [0.05, 0.1) is 5.52 Å². The van der Waals surface area contributed by atoms with Crippen LogP contribution in [0.3, 0.4) is 0 Å². The third-order valence-electron chi connectivity index (χ3n) is 3.92. The minimum atomic E-state index is 0.584. The number of fused-ring (bicyclic) bond motifs is 1. The highest BCUT2D eigenvalue weighted by molar-refractivity contribution is 5.83. The van der Waals surface area contributed by atoms with Gasteiger partial charge in [0.2, 0.25) is 0 Å². The van der Waals surface area contributed by atoms with Crippen molar-refractivity contribution in [1.29, 1.82) is 0 Å². The summed E-state index contributed by atoms with van der Waals surface area (Å²) in [5.74, 6) is 0.990. The molecule has 0 aliphatic heterocycles. The van der Waals surface area contributed by atoms with E-state index >= 15 is 0 Å². The lowest BCUT2D eigenvalue weighted by Crippen LogP contribution is -2.18. The highest BCUT2D eigenvalue weighted by Gasteiger charge is 2.12. The predicted molar refractivity (Wildman–Crippen MR) is 81.3 cm³/mol. The first kappa shape index (κ1) is 12.3. The summed E-state index contributed by atoms with van der Waals surface area (Å²) in [6, 6.07) is 10.6. The largest absolute Gasteiger partial charge is 0.399 e. The second-order valence-electron chi connectivity index (χ2n) is 5.48. The summed E-state index contributed by atoms with van der Waals surface area (Å²) < 4.78 is 0. The predicted octanol–water partition coefficient (Wildman–Crippen LogP) is 3.95. The fraction of sp³-hybridized carbons (Fsp3) is 0.438. The van der Waals surface area contributed by atoms with Crippen LogP contribution >= 0.6 is 0 Å². The van der Waals surface area contributed by atoms with Crippen molar-refractivity contribution in [3.63, 3.8) is 0 Å². The van der Waals surface area contributed by atoms with E-state index in [9.17, 15) is 0 Å². The third kappa shape index (κ3) is 2.98. The van der Waals surface area contributed by atoms with Crippen molar-refractivity contribution >= 4 is 22.4 Å². The van der Waals surface area contributed by atoms with E-state index in [1.807, 2.05) is 18.2 Å². The average molecular weight is 255 g/mol. The van der Waals surface area contributed by atoms with Crippen LogP contribution in [0, 0.1) is 0 Å². The first-order valence-electron chi connectivity index (χ1n) is 7.24. The summed E-state index contributed by atoms with van der Waals surface area (Å²) in [7, 11) is 0. The topological polar surface area (TPSA) is 50.9 Å². The molecule has 1 aromatic heterocycles. The molecule has 1 aliphatic carbocycles. The lowest BCUT2D eigenvalue weighted by atomic mass is 10.1. The fourth-order valence-electron chi connectivity index (χ4n) is 2.86. The van der Waals surface area contributed by atoms with Crippen LogP contribution in [0.4, 0.5) is 11.5 Å². The van der Waals surface area contributed by atoms with Crippen molar-refractivity contribution in [3.05, 3.63) is 30.3 Å². The van der Waals surface area contributed by atoms with E-state index < -0.39 is 0 Å². The van der Waals surface area contributed by atoms with Crippen LogP contribution in [0.15, 0.2) is 30.3 Å². The first-order valence-corrected chi connectivity index (χ1v) is 7.24. The number of nitrogens with one attached hydrogen (secondary N) is 1. The molecule has 1 fully saturated rings. The molecule has 0 amide bonds. The molecule has 1 saturated carbocycles. The van der Waals surface area contributed by atoms with Crippen molar-refractivity contribution < 1.29 is 0 Å². The van der Waals surface area contributed by atoms with Crippen LogP contribution in [0.2, 0.25) is 0 Å².